The van der Waals surface area contributed by atoms with Crippen molar-refractivity contribution in [3.8, 4) is 0 Å². The molecule has 80 valence electrons. The van der Waals surface area contributed by atoms with Gasteiger partial charge in [0.05, 0.1) is 12.4 Å². The Bertz CT molecular complexity index is 361. The van der Waals surface area contributed by atoms with Crippen LogP contribution in [0, 0.1) is 0 Å². The maximum atomic E-state index is 10.9. The number of hydrogen-bond acceptors (Lipinski definition) is 4. The molecule has 1 aliphatic heterocycles. The molecule has 1 aliphatic rings. The van der Waals surface area contributed by atoms with Crippen molar-refractivity contribution in [1.29, 1.82) is 0 Å². The zero-order valence-corrected chi connectivity index (χ0v) is 8.79. The fraction of sp³-hybridized carbons (Fsp3) is 0.444. The monoisotopic (exact) mass is 226 g/mol. The fourth-order valence-corrected chi connectivity index (χ4v) is 1.62. The summed E-state index contributed by atoms with van der Waals surface area (Å²) in [6, 6.07) is 0.204. The lowest BCUT2D eigenvalue weighted by Crippen LogP contribution is -2.42. The van der Waals surface area contributed by atoms with E-state index in [-0.39, 0.29) is 11.9 Å². The number of nitrogens with one attached hydrogen (secondary N) is 2. The van der Waals surface area contributed by atoms with Crippen LogP contribution in [-0.4, -0.2) is 28.5 Å². The van der Waals surface area contributed by atoms with Crippen molar-refractivity contribution in [1.82, 2.24) is 15.3 Å². The summed E-state index contributed by atoms with van der Waals surface area (Å²) in [4.78, 5) is 18.9. The number of carbonyl (C=O) groups is 1. The highest BCUT2D eigenvalue weighted by Crippen LogP contribution is 2.11. The normalized spacial score (nSPS) is 20.9. The first-order chi connectivity index (χ1) is 7.24. The minimum Gasteiger partial charge on any atom is -0.364 e. The molecule has 1 amide bonds. The summed E-state index contributed by atoms with van der Waals surface area (Å²) in [7, 11) is 0. The number of anilines is 1. The molecule has 0 spiro atoms. The van der Waals surface area contributed by atoms with E-state index < -0.39 is 0 Å². The zero-order chi connectivity index (χ0) is 10.7. The average Bonchev–Trinajstić information content (AvgIpc) is 2.22. The van der Waals surface area contributed by atoms with Crippen molar-refractivity contribution in [3.63, 3.8) is 0 Å². The van der Waals surface area contributed by atoms with Crippen LogP contribution >= 0.6 is 11.6 Å². The second-order valence-electron chi connectivity index (χ2n) is 3.41. The van der Waals surface area contributed by atoms with Crippen molar-refractivity contribution in [2.75, 3.05) is 11.9 Å². The van der Waals surface area contributed by atoms with E-state index in [4.69, 9.17) is 11.6 Å². The minimum atomic E-state index is 0.102. The third-order valence-corrected chi connectivity index (χ3v) is 2.40. The van der Waals surface area contributed by atoms with Gasteiger partial charge >= 0.3 is 0 Å². The molecule has 1 saturated heterocycles. The Morgan fingerprint density at radius 3 is 3.07 bits per heavy atom. The highest BCUT2D eigenvalue weighted by molar-refractivity contribution is 6.29. The molecule has 0 bridgehead atoms. The SMILES string of the molecule is O=C1CCC(Nc2cncc(Cl)n2)CN1. The van der Waals surface area contributed by atoms with E-state index in [1.165, 1.54) is 6.20 Å². The van der Waals surface area contributed by atoms with Crippen LogP contribution in [0.3, 0.4) is 0 Å². The van der Waals surface area contributed by atoms with Gasteiger partial charge in [-0.1, -0.05) is 11.6 Å². The van der Waals surface area contributed by atoms with Crippen LogP contribution in [0.1, 0.15) is 12.8 Å². The number of aromatic nitrogens is 2. The van der Waals surface area contributed by atoms with Crippen LogP contribution in [0.5, 0.6) is 0 Å². The molecular weight excluding hydrogens is 216 g/mol. The van der Waals surface area contributed by atoms with Gasteiger partial charge < -0.3 is 10.6 Å². The maximum absolute atomic E-state index is 10.9. The second kappa shape index (κ2) is 4.44. The molecule has 1 unspecified atom stereocenters. The lowest BCUT2D eigenvalue weighted by molar-refractivity contribution is -0.122. The molecule has 1 fully saturated rings. The molecule has 2 N–H and O–H groups in total. The van der Waals surface area contributed by atoms with E-state index in [1.54, 1.807) is 6.20 Å². The molecule has 1 aromatic rings. The van der Waals surface area contributed by atoms with Gasteiger partial charge in [0.1, 0.15) is 11.0 Å². The summed E-state index contributed by atoms with van der Waals surface area (Å²) in [5, 5.41) is 6.31. The van der Waals surface area contributed by atoms with Gasteiger partial charge in [-0.05, 0) is 6.42 Å². The van der Waals surface area contributed by atoms with E-state index >= 15 is 0 Å². The lowest BCUT2D eigenvalue weighted by Gasteiger charge is -2.23. The first-order valence-corrected chi connectivity index (χ1v) is 5.12. The molecule has 6 heteroatoms. The number of halogens is 1. The zero-order valence-electron chi connectivity index (χ0n) is 8.03. The maximum Gasteiger partial charge on any atom is 0.220 e. The molecule has 15 heavy (non-hydrogen) atoms. The molecule has 5 nitrogen and oxygen atoms in total. The molecule has 0 aliphatic carbocycles. The molecule has 2 heterocycles. The topological polar surface area (TPSA) is 66.9 Å². The molecular formula is C9H11ClN4O. The molecule has 2 rings (SSSR count). The Hall–Kier alpha value is -1.36. The number of piperidine rings is 1. The van der Waals surface area contributed by atoms with Crippen molar-refractivity contribution in [2.24, 2.45) is 0 Å². The van der Waals surface area contributed by atoms with Gasteiger partial charge in [0.2, 0.25) is 5.91 Å². The molecule has 0 aromatic carbocycles. The van der Waals surface area contributed by atoms with Crippen LogP contribution < -0.4 is 10.6 Å². The summed E-state index contributed by atoms with van der Waals surface area (Å²) in [5.74, 6) is 0.744. The van der Waals surface area contributed by atoms with Crippen molar-refractivity contribution in [2.45, 2.75) is 18.9 Å². The number of rotatable bonds is 2. The van der Waals surface area contributed by atoms with Crippen LogP contribution in [-0.2, 0) is 4.79 Å². The van der Waals surface area contributed by atoms with Crippen molar-refractivity contribution < 1.29 is 4.79 Å². The Labute approximate surface area is 92.3 Å². The first kappa shape index (κ1) is 10.2. The van der Waals surface area contributed by atoms with Gasteiger partial charge in [-0.25, -0.2) is 4.98 Å². The quantitative estimate of drug-likeness (QED) is 0.784. The third kappa shape index (κ3) is 2.79. The van der Waals surface area contributed by atoms with Gasteiger partial charge in [-0.2, -0.15) is 0 Å². The number of carbonyl (C=O) groups excluding carboxylic acids is 1. The van der Waals surface area contributed by atoms with Crippen molar-refractivity contribution in [3.05, 3.63) is 17.5 Å². The number of hydrogen-bond donors (Lipinski definition) is 2. The summed E-state index contributed by atoms with van der Waals surface area (Å²) < 4.78 is 0. The predicted molar refractivity (Wildman–Crippen MR) is 56.7 cm³/mol. The molecule has 0 saturated carbocycles. The third-order valence-electron chi connectivity index (χ3n) is 2.22. The Kier molecular flexibility index (Phi) is 3.01. The van der Waals surface area contributed by atoms with Gasteiger partial charge in [-0.3, -0.25) is 9.78 Å². The summed E-state index contributed by atoms with van der Waals surface area (Å²) >= 11 is 5.70. The largest absolute Gasteiger partial charge is 0.364 e. The summed E-state index contributed by atoms with van der Waals surface area (Å²) in [6.45, 7) is 0.618. The highest BCUT2D eigenvalue weighted by atomic mass is 35.5. The number of nitrogens with zero attached hydrogens (tertiary/aromatic N) is 2. The Morgan fingerprint density at radius 1 is 1.53 bits per heavy atom. The standard InChI is InChI=1S/C9H11ClN4O/c10-7-4-11-5-8(14-7)13-6-1-2-9(15)12-3-6/h4-6H,1-3H2,(H,12,15)(H,13,14). The predicted octanol–water partition coefficient (Wildman–Crippen LogP) is 0.820. The number of amides is 1. The first-order valence-electron chi connectivity index (χ1n) is 4.75. The van der Waals surface area contributed by atoms with E-state index in [2.05, 4.69) is 20.6 Å². The Balaban J connectivity index is 1.94. The van der Waals surface area contributed by atoms with E-state index in [0.717, 1.165) is 6.42 Å². The van der Waals surface area contributed by atoms with Crippen LogP contribution in [0.4, 0.5) is 5.82 Å². The minimum absolute atomic E-state index is 0.102. The van der Waals surface area contributed by atoms with Crippen LogP contribution in [0.25, 0.3) is 0 Å². The van der Waals surface area contributed by atoms with E-state index in [0.29, 0.717) is 23.9 Å². The van der Waals surface area contributed by atoms with Gasteiger partial charge in [0, 0.05) is 19.0 Å². The second-order valence-corrected chi connectivity index (χ2v) is 3.80. The highest BCUT2D eigenvalue weighted by Gasteiger charge is 2.17. The van der Waals surface area contributed by atoms with E-state index in [9.17, 15) is 4.79 Å². The smallest absolute Gasteiger partial charge is 0.220 e. The molecule has 1 atom stereocenters. The van der Waals surface area contributed by atoms with Crippen LogP contribution in [0.2, 0.25) is 5.15 Å². The lowest BCUT2D eigenvalue weighted by atomic mass is 10.1. The Morgan fingerprint density at radius 2 is 2.40 bits per heavy atom. The molecule has 1 aromatic heterocycles. The van der Waals surface area contributed by atoms with Gasteiger partial charge in [0.25, 0.3) is 0 Å². The van der Waals surface area contributed by atoms with Crippen LogP contribution in [0.15, 0.2) is 12.4 Å². The van der Waals surface area contributed by atoms with Gasteiger partial charge in [-0.15, -0.1) is 0 Å². The average molecular weight is 227 g/mol. The van der Waals surface area contributed by atoms with Crippen molar-refractivity contribution >= 4 is 23.3 Å². The summed E-state index contributed by atoms with van der Waals surface area (Å²) in [5.41, 5.74) is 0. The van der Waals surface area contributed by atoms with E-state index in [1.807, 2.05) is 0 Å². The molecule has 0 radical (unpaired) electrons. The van der Waals surface area contributed by atoms with Gasteiger partial charge in [0.15, 0.2) is 0 Å². The fourth-order valence-electron chi connectivity index (χ4n) is 1.48. The summed E-state index contributed by atoms with van der Waals surface area (Å²) in [6.07, 6.45) is 4.45.